The summed E-state index contributed by atoms with van der Waals surface area (Å²) in [6.07, 6.45) is 21.7. The Morgan fingerprint density at radius 3 is 1.83 bits per heavy atom. The monoisotopic (exact) mass is 335 g/mol. The van der Waals surface area contributed by atoms with E-state index in [2.05, 4.69) is 18.8 Å². The highest BCUT2D eigenvalue weighted by atomic mass is 16.5. The summed E-state index contributed by atoms with van der Waals surface area (Å²) >= 11 is 0. The van der Waals surface area contributed by atoms with Gasteiger partial charge in [-0.15, -0.1) is 0 Å². The molecule has 0 aromatic rings. The van der Waals surface area contributed by atoms with Crippen LogP contribution >= 0.6 is 0 Å². The Bertz CT molecular complexity index is 359. The number of nitrogens with zero attached hydrogens (tertiary/aromatic N) is 1. The van der Waals surface area contributed by atoms with Crippen molar-refractivity contribution in [3.63, 3.8) is 0 Å². The quantitative estimate of drug-likeness (QED) is 0.285. The molecular formula is C22H41NO. The average Bonchev–Trinajstić information content (AvgIpc) is 3.08. The fourth-order valence-corrected chi connectivity index (χ4v) is 3.35. The lowest BCUT2D eigenvalue weighted by Gasteiger charge is -2.10. The minimum absolute atomic E-state index is 0.482. The summed E-state index contributed by atoms with van der Waals surface area (Å²) in [5, 5.41) is 0. The summed E-state index contributed by atoms with van der Waals surface area (Å²) in [5.41, 5.74) is 1.09. The van der Waals surface area contributed by atoms with Crippen molar-refractivity contribution in [2.45, 2.75) is 111 Å². The molecule has 0 saturated carbocycles. The van der Waals surface area contributed by atoms with Gasteiger partial charge in [0.15, 0.2) is 5.90 Å². The average molecular weight is 336 g/mol. The molecule has 0 bridgehead atoms. The maximum atomic E-state index is 5.66. The highest BCUT2D eigenvalue weighted by Gasteiger charge is 2.18. The van der Waals surface area contributed by atoms with Gasteiger partial charge in [0, 0.05) is 5.92 Å². The molecule has 0 spiro atoms. The van der Waals surface area contributed by atoms with Crippen molar-refractivity contribution in [3.8, 4) is 0 Å². The summed E-state index contributed by atoms with van der Waals surface area (Å²) in [7, 11) is 0. The van der Waals surface area contributed by atoms with Crippen LogP contribution in [0.5, 0.6) is 0 Å². The molecule has 1 rings (SSSR count). The highest BCUT2D eigenvalue weighted by Crippen LogP contribution is 2.19. The van der Waals surface area contributed by atoms with E-state index in [9.17, 15) is 0 Å². The first-order valence-electron chi connectivity index (χ1n) is 10.6. The Labute approximate surface area is 151 Å². The van der Waals surface area contributed by atoms with E-state index >= 15 is 0 Å². The Hall–Kier alpha value is -0.790. The van der Waals surface area contributed by atoms with Crippen LogP contribution in [0.2, 0.25) is 0 Å². The van der Waals surface area contributed by atoms with Gasteiger partial charge < -0.3 is 4.74 Å². The second kappa shape index (κ2) is 14.5. The zero-order valence-corrected chi connectivity index (χ0v) is 16.6. The van der Waals surface area contributed by atoms with Gasteiger partial charge in [-0.2, -0.15) is 0 Å². The first kappa shape index (κ1) is 21.3. The van der Waals surface area contributed by atoms with Crippen LogP contribution in [0.15, 0.2) is 16.8 Å². The molecule has 0 N–H and O–H groups in total. The second-order valence-electron chi connectivity index (χ2n) is 7.45. The van der Waals surface area contributed by atoms with Crippen LogP contribution in [-0.2, 0) is 4.74 Å². The van der Waals surface area contributed by atoms with Crippen molar-refractivity contribution in [2.75, 3.05) is 6.61 Å². The highest BCUT2D eigenvalue weighted by molar-refractivity contribution is 5.81. The Morgan fingerprint density at radius 2 is 1.38 bits per heavy atom. The number of ether oxygens (including phenoxy) is 1. The summed E-state index contributed by atoms with van der Waals surface area (Å²) < 4.78 is 5.66. The van der Waals surface area contributed by atoms with Crippen LogP contribution in [-0.4, -0.2) is 12.5 Å². The SMILES string of the molecule is CC=C1COC(C(C)CCCCCCCCCCCCCCC)=N1. The van der Waals surface area contributed by atoms with Crippen molar-refractivity contribution >= 4 is 5.90 Å². The normalized spacial score (nSPS) is 17.1. The van der Waals surface area contributed by atoms with Crippen LogP contribution in [0.1, 0.15) is 111 Å². The van der Waals surface area contributed by atoms with Gasteiger partial charge in [-0.25, -0.2) is 4.99 Å². The number of aliphatic imine (C=N–C) groups is 1. The number of hydrogen-bond acceptors (Lipinski definition) is 2. The molecule has 1 aliphatic heterocycles. The minimum atomic E-state index is 0.482. The third kappa shape index (κ3) is 10.2. The van der Waals surface area contributed by atoms with E-state index in [1.54, 1.807) is 0 Å². The molecule has 2 heteroatoms. The molecule has 0 aromatic heterocycles. The van der Waals surface area contributed by atoms with E-state index in [-0.39, 0.29) is 0 Å². The molecule has 0 radical (unpaired) electrons. The van der Waals surface area contributed by atoms with Gasteiger partial charge in [-0.3, -0.25) is 0 Å². The van der Waals surface area contributed by atoms with E-state index in [1.165, 1.54) is 89.9 Å². The molecule has 0 aliphatic carbocycles. The molecule has 0 fully saturated rings. The van der Waals surface area contributed by atoms with Crippen molar-refractivity contribution in [1.82, 2.24) is 0 Å². The van der Waals surface area contributed by atoms with Crippen molar-refractivity contribution < 1.29 is 4.74 Å². The van der Waals surface area contributed by atoms with Gasteiger partial charge in [-0.05, 0) is 13.3 Å². The third-order valence-electron chi connectivity index (χ3n) is 5.12. The van der Waals surface area contributed by atoms with Crippen molar-refractivity contribution in [2.24, 2.45) is 10.9 Å². The summed E-state index contributed by atoms with van der Waals surface area (Å²) in [5.74, 6) is 1.44. The fourth-order valence-electron chi connectivity index (χ4n) is 3.35. The first-order chi connectivity index (χ1) is 11.8. The van der Waals surface area contributed by atoms with Gasteiger partial charge in [0.05, 0.1) is 5.70 Å². The molecule has 0 saturated heterocycles. The van der Waals surface area contributed by atoms with Crippen LogP contribution in [0.4, 0.5) is 0 Å². The summed E-state index contributed by atoms with van der Waals surface area (Å²) in [4.78, 5) is 4.54. The van der Waals surface area contributed by atoms with Gasteiger partial charge in [-0.1, -0.05) is 103 Å². The smallest absolute Gasteiger partial charge is 0.191 e. The maximum Gasteiger partial charge on any atom is 0.191 e. The van der Waals surface area contributed by atoms with Crippen molar-refractivity contribution in [1.29, 1.82) is 0 Å². The molecular weight excluding hydrogens is 294 g/mol. The van der Waals surface area contributed by atoms with Crippen LogP contribution in [0, 0.1) is 5.92 Å². The molecule has 0 amide bonds. The lowest BCUT2D eigenvalue weighted by atomic mass is 10.0. The van der Waals surface area contributed by atoms with E-state index in [0.717, 1.165) is 11.6 Å². The summed E-state index contributed by atoms with van der Waals surface area (Å²) in [6.45, 7) is 7.24. The standard InChI is InChI=1S/C22H41NO/c1-4-6-7-8-9-10-11-12-13-14-15-16-17-18-20(3)22-23-21(5-2)19-24-22/h5,20H,4,6-19H2,1-3H3. The van der Waals surface area contributed by atoms with Gasteiger partial charge >= 0.3 is 0 Å². The molecule has 0 aromatic carbocycles. The third-order valence-corrected chi connectivity index (χ3v) is 5.12. The molecule has 24 heavy (non-hydrogen) atoms. The number of unbranched alkanes of at least 4 members (excludes halogenated alkanes) is 12. The molecule has 2 nitrogen and oxygen atoms in total. The second-order valence-corrected chi connectivity index (χ2v) is 7.45. The van der Waals surface area contributed by atoms with E-state index in [0.29, 0.717) is 12.5 Å². The van der Waals surface area contributed by atoms with Gasteiger partial charge in [0.1, 0.15) is 6.61 Å². The van der Waals surface area contributed by atoms with E-state index in [4.69, 9.17) is 4.74 Å². The van der Waals surface area contributed by atoms with Crippen LogP contribution in [0.25, 0.3) is 0 Å². The van der Waals surface area contributed by atoms with E-state index in [1.807, 2.05) is 13.0 Å². The van der Waals surface area contributed by atoms with Gasteiger partial charge in [0.2, 0.25) is 0 Å². The lowest BCUT2D eigenvalue weighted by Crippen LogP contribution is -2.11. The molecule has 140 valence electrons. The summed E-state index contributed by atoms with van der Waals surface area (Å²) in [6, 6.07) is 0. The maximum absolute atomic E-state index is 5.66. The predicted octanol–water partition coefficient (Wildman–Crippen LogP) is 7.44. The topological polar surface area (TPSA) is 21.6 Å². The number of allylic oxidation sites excluding steroid dienone is 1. The van der Waals surface area contributed by atoms with Gasteiger partial charge in [0.25, 0.3) is 0 Å². The lowest BCUT2D eigenvalue weighted by molar-refractivity contribution is 0.332. The number of hydrogen-bond donors (Lipinski definition) is 0. The Kier molecular flexibility index (Phi) is 12.9. The zero-order chi connectivity index (χ0) is 17.5. The molecule has 1 aliphatic rings. The Balaban J connectivity index is 1.84. The van der Waals surface area contributed by atoms with Crippen molar-refractivity contribution in [3.05, 3.63) is 11.8 Å². The van der Waals surface area contributed by atoms with Crippen LogP contribution < -0.4 is 0 Å². The minimum Gasteiger partial charge on any atom is -0.474 e. The number of rotatable bonds is 15. The molecule has 1 unspecified atom stereocenters. The van der Waals surface area contributed by atoms with E-state index < -0.39 is 0 Å². The molecule has 1 heterocycles. The predicted molar refractivity (Wildman–Crippen MR) is 107 cm³/mol. The zero-order valence-electron chi connectivity index (χ0n) is 16.6. The van der Waals surface area contributed by atoms with Crippen LogP contribution in [0.3, 0.4) is 0 Å². The molecule has 1 atom stereocenters. The fraction of sp³-hybridized carbons (Fsp3) is 0.864. The first-order valence-corrected chi connectivity index (χ1v) is 10.6. The largest absolute Gasteiger partial charge is 0.474 e. The Morgan fingerprint density at radius 1 is 0.875 bits per heavy atom.